The van der Waals surface area contributed by atoms with Crippen molar-refractivity contribution in [1.82, 2.24) is 9.55 Å². The van der Waals surface area contributed by atoms with Crippen molar-refractivity contribution < 1.29 is 45.8 Å². The number of primary amides is 1. The summed E-state index contributed by atoms with van der Waals surface area (Å²) in [6.07, 6.45) is -9.22. The lowest BCUT2D eigenvalue weighted by Gasteiger charge is -2.35. The number of pyridine rings is 1. The first-order valence-electron chi connectivity index (χ1n) is 12.4. The van der Waals surface area contributed by atoms with Crippen molar-refractivity contribution in [3.63, 3.8) is 0 Å². The van der Waals surface area contributed by atoms with Gasteiger partial charge in [0.15, 0.2) is 11.2 Å². The van der Waals surface area contributed by atoms with Gasteiger partial charge in [0.25, 0.3) is 0 Å². The van der Waals surface area contributed by atoms with Gasteiger partial charge in [-0.1, -0.05) is 57.2 Å². The maximum Gasteiger partial charge on any atom is 0.573 e. The highest BCUT2D eigenvalue weighted by molar-refractivity contribution is 6.02. The van der Waals surface area contributed by atoms with Crippen molar-refractivity contribution in [3.05, 3.63) is 94.9 Å². The lowest BCUT2D eigenvalue weighted by Crippen LogP contribution is -2.49. The highest BCUT2D eigenvalue weighted by Crippen LogP contribution is 2.39. The third-order valence-corrected chi connectivity index (χ3v) is 6.80. The van der Waals surface area contributed by atoms with Gasteiger partial charge in [0, 0.05) is 18.0 Å². The number of carbonyl (C=O) groups excluding carboxylic acids is 1. The number of carboxylic acid groups (broad SMARTS) is 1. The van der Waals surface area contributed by atoms with Gasteiger partial charge in [-0.05, 0) is 46.4 Å². The normalized spacial score (nSPS) is 14.0. The van der Waals surface area contributed by atoms with Crippen molar-refractivity contribution in [1.29, 1.82) is 0 Å². The van der Waals surface area contributed by atoms with Gasteiger partial charge in [-0.25, -0.2) is 9.78 Å². The minimum atomic E-state index is -5.08. The number of alkyl halides is 6. The van der Waals surface area contributed by atoms with Crippen LogP contribution in [-0.4, -0.2) is 32.9 Å². The molecule has 0 spiro atoms. The molecule has 13 heteroatoms. The molecule has 0 saturated carbocycles. The van der Waals surface area contributed by atoms with Crippen molar-refractivity contribution in [2.45, 2.75) is 50.7 Å². The van der Waals surface area contributed by atoms with E-state index in [1.165, 1.54) is 12.1 Å². The molecule has 0 radical (unpaired) electrons. The minimum absolute atomic E-state index is 0.134. The van der Waals surface area contributed by atoms with E-state index in [2.05, 4.69) is 9.72 Å². The predicted octanol–water partition coefficient (Wildman–Crippen LogP) is 6.42. The number of nitrogens with zero attached hydrogens (tertiary/aromatic N) is 2. The van der Waals surface area contributed by atoms with Crippen molar-refractivity contribution in [2.75, 3.05) is 0 Å². The highest BCUT2D eigenvalue weighted by atomic mass is 19.4. The molecule has 7 nitrogen and oxygen atoms in total. The number of amides is 1. The Kier molecular flexibility index (Phi) is 7.51. The lowest BCUT2D eigenvalue weighted by atomic mass is 9.81. The molecule has 2 aromatic heterocycles. The second-order valence-electron chi connectivity index (χ2n) is 10.7. The molecule has 2 aromatic carbocycles. The van der Waals surface area contributed by atoms with Gasteiger partial charge in [0.1, 0.15) is 11.4 Å². The Balaban J connectivity index is 2.06. The fourth-order valence-corrected chi connectivity index (χ4v) is 4.82. The number of benzene rings is 2. The van der Waals surface area contributed by atoms with Crippen LogP contribution in [0.25, 0.3) is 10.9 Å². The van der Waals surface area contributed by atoms with Crippen molar-refractivity contribution >= 4 is 22.8 Å². The largest absolute Gasteiger partial charge is 0.573 e. The fourth-order valence-electron chi connectivity index (χ4n) is 4.82. The number of carbonyl (C=O) groups is 2. The van der Waals surface area contributed by atoms with Crippen LogP contribution in [0.4, 0.5) is 26.3 Å². The molecule has 0 bridgehead atoms. The molecule has 0 aliphatic carbocycles. The fraction of sp³-hybridized carbons (Fsp3) is 0.276. The number of halogens is 6. The van der Waals surface area contributed by atoms with Crippen LogP contribution in [0, 0.1) is 0 Å². The summed E-state index contributed by atoms with van der Waals surface area (Å²) < 4.78 is 84.9. The van der Waals surface area contributed by atoms with Crippen LogP contribution in [0.5, 0.6) is 5.75 Å². The number of nitrogens with two attached hydrogens (primary N) is 1. The second-order valence-corrected chi connectivity index (χ2v) is 10.7. The van der Waals surface area contributed by atoms with Crippen LogP contribution in [0.1, 0.15) is 53.6 Å². The quantitative estimate of drug-likeness (QED) is 0.241. The molecular weight excluding hydrogens is 568 g/mol. The zero-order chi connectivity index (χ0) is 31.3. The molecule has 3 N–H and O–H groups in total. The number of carboxylic acids is 1. The third-order valence-electron chi connectivity index (χ3n) is 6.80. The van der Waals surface area contributed by atoms with Crippen LogP contribution in [-0.2, 0) is 28.3 Å². The average molecular weight is 594 g/mol. The topological polar surface area (TPSA) is 107 Å². The SMILES string of the molecule is CC(C)(C)c1ccc(CC(C(N)=O)(c2cccc(OC(F)(F)F)c2)n2ccc3cc(C(F)(F)F)nc(C(=O)O)c32)cc1. The summed E-state index contributed by atoms with van der Waals surface area (Å²) in [6.45, 7) is 5.93. The molecule has 1 atom stereocenters. The van der Waals surface area contributed by atoms with E-state index in [-0.39, 0.29) is 28.3 Å². The van der Waals surface area contributed by atoms with E-state index < -0.39 is 47.1 Å². The van der Waals surface area contributed by atoms with Gasteiger partial charge in [-0.2, -0.15) is 13.2 Å². The van der Waals surface area contributed by atoms with Gasteiger partial charge < -0.3 is 20.1 Å². The van der Waals surface area contributed by atoms with E-state index in [0.29, 0.717) is 11.6 Å². The summed E-state index contributed by atoms with van der Waals surface area (Å²) in [7, 11) is 0. The molecule has 0 aliphatic rings. The number of hydrogen-bond donors (Lipinski definition) is 2. The van der Waals surface area contributed by atoms with Crippen molar-refractivity contribution in [2.24, 2.45) is 5.73 Å². The first-order valence-corrected chi connectivity index (χ1v) is 12.4. The summed E-state index contributed by atoms with van der Waals surface area (Å²) in [5, 5.41) is 9.62. The number of rotatable bonds is 7. The molecule has 0 aliphatic heterocycles. The number of hydrogen-bond acceptors (Lipinski definition) is 4. The molecule has 222 valence electrons. The molecule has 42 heavy (non-hydrogen) atoms. The van der Waals surface area contributed by atoms with Gasteiger partial charge in [0.2, 0.25) is 5.91 Å². The highest BCUT2D eigenvalue weighted by Gasteiger charge is 2.44. The van der Waals surface area contributed by atoms with E-state index in [9.17, 15) is 41.0 Å². The number of ether oxygens (including phenoxy) is 1. The van der Waals surface area contributed by atoms with Gasteiger partial charge >= 0.3 is 18.5 Å². The molecular formula is C29H25F6N3O4. The van der Waals surface area contributed by atoms with E-state index in [1.54, 1.807) is 24.3 Å². The zero-order valence-corrected chi connectivity index (χ0v) is 22.5. The molecule has 0 fully saturated rings. The average Bonchev–Trinajstić information content (AvgIpc) is 3.29. The molecule has 4 rings (SSSR count). The molecule has 2 heterocycles. The zero-order valence-electron chi connectivity index (χ0n) is 22.5. The second kappa shape index (κ2) is 10.4. The Morgan fingerprint density at radius 3 is 2.10 bits per heavy atom. The summed E-state index contributed by atoms with van der Waals surface area (Å²) >= 11 is 0. The third kappa shape index (κ3) is 5.90. The first kappa shape index (κ1) is 30.4. The molecule has 0 saturated heterocycles. The first-order chi connectivity index (χ1) is 19.3. The summed E-state index contributed by atoms with van der Waals surface area (Å²) in [5.41, 5.74) is 1.97. The van der Waals surface area contributed by atoms with Gasteiger partial charge in [0.05, 0.1) is 5.52 Å². The van der Waals surface area contributed by atoms with Gasteiger partial charge in [-0.15, -0.1) is 13.2 Å². The van der Waals surface area contributed by atoms with Gasteiger partial charge in [-0.3, -0.25) is 4.79 Å². The summed E-state index contributed by atoms with van der Waals surface area (Å²) in [6, 6.07) is 13.1. The molecule has 1 unspecified atom stereocenters. The lowest BCUT2D eigenvalue weighted by molar-refractivity contribution is -0.274. The Hall–Kier alpha value is -4.55. The predicted molar refractivity (Wildman–Crippen MR) is 140 cm³/mol. The number of fused-ring (bicyclic) bond motifs is 1. The van der Waals surface area contributed by atoms with Crippen LogP contribution >= 0.6 is 0 Å². The Morgan fingerprint density at radius 1 is 0.929 bits per heavy atom. The number of aromatic carboxylic acids is 1. The monoisotopic (exact) mass is 593 g/mol. The summed E-state index contributed by atoms with van der Waals surface area (Å²) in [5.74, 6) is -3.64. The minimum Gasteiger partial charge on any atom is -0.476 e. The summed E-state index contributed by atoms with van der Waals surface area (Å²) in [4.78, 5) is 29.0. The van der Waals surface area contributed by atoms with E-state index in [4.69, 9.17) is 5.73 Å². The van der Waals surface area contributed by atoms with E-state index in [1.807, 2.05) is 20.8 Å². The standard InChI is InChI=1S/C29H25F6N3O4/c1-26(2,3)18-9-7-16(8-10-18)15-27(25(36)41,19-5-4-6-20(14-19)42-29(33,34)35)38-12-11-17-13-21(28(30,31)32)37-22(23(17)38)24(39)40/h4-14H,15H2,1-3H3,(H2,36,41)(H,39,40). The van der Waals surface area contributed by atoms with E-state index in [0.717, 1.165) is 34.5 Å². The van der Waals surface area contributed by atoms with Crippen LogP contribution in [0.2, 0.25) is 0 Å². The Labute approximate surface area is 235 Å². The molecule has 1 amide bonds. The Bertz CT molecular complexity index is 1650. The van der Waals surface area contributed by atoms with Crippen LogP contribution < -0.4 is 10.5 Å². The maximum atomic E-state index is 13.5. The maximum absolute atomic E-state index is 13.5. The van der Waals surface area contributed by atoms with E-state index >= 15 is 0 Å². The number of aromatic nitrogens is 2. The smallest absolute Gasteiger partial charge is 0.476 e. The van der Waals surface area contributed by atoms with Crippen molar-refractivity contribution in [3.8, 4) is 5.75 Å². The van der Waals surface area contributed by atoms with Crippen LogP contribution in [0.15, 0.2) is 66.9 Å². The molecule has 4 aromatic rings. The Morgan fingerprint density at radius 2 is 1.57 bits per heavy atom. The van der Waals surface area contributed by atoms with Crippen LogP contribution in [0.3, 0.4) is 0 Å².